The predicted octanol–water partition coefficient (Wildman–Crippen LogP) is 2.32. The molecular formula is C31H37N5O5. The fourth-order valence-corrected chi connectivity index (χ4v) is 6.55. The van der Waals surface area contributed by atoms with Crippen LogP contribution in [0.4, 0.5) is 11.4 Å². The van der Waals surface area contributed by atoms with Gasteiger partial charge in [0.2, 0.25) is 17.7 Å². The van der Waals surface area contributed by atoms with Gasteiger partial charge in [-0.05, 0) is 86.7 Å². The number of imide groups is 1. The van der Waals surface area contributed by atoms with E-state index in [-0.39, 0.29) is 30.2 Å². The lowest BCUT2D eigenvalue weighted by atomic mass is 9.99. The number of carbonyl (C=O) groups excluding carboxylic acids is 4. The molecule has 0 aromatic heterocycles. The van der Waals surface area contributed by atoms with Gasteiger partial charge in [0.25, 0.3) is 5.91 Å². The highest BCUT2D eigenvalue weighted by molar-refractivity contribution is 6.05. The van der Waals surface area contributed by atoms with Gasteiger partial charge >= 0.3 is 0 Å². The minimum atomic E-state index is -0.611. The summed E-state index contributed by atoms with van der Waals surface area (Å²) >= 11 is 0. The molecule has 2 aromatic rings. The first-order valence-electron chi connectivity index (χ1n) is 14.7. The summed E-state index contributed by atoms with van der Waals surface area (Å²) in [4.78, 5) is 56.4. The number of piperidine rings is 1. The number of nitrogens with zero attached hydrogens (tertiary/aromatic N) is 3. The Balaban J connectivity index is 1.03. The highest BCUT2D eigenvalue weighted by Crippen LogP contribution is 2.31. The van der Waals surface area contributed by atoms with Crippen LogP contribution in [-0.2, 0) is 32.1 Å². The third kappa shape index (κ3) is 5.85. The predicted molar refractivity (Wildman–Crippen MR) is 154 cm³/mol. The Morgan fingerprint density at radius 1 is 1.00 bits per heavy atom. The molecule has 2 aromatic carbocycles. The zero-order valence-electron chi connectivity index (χ0n) is 23.3. The van der Waals surface area contributed by atoms with Crippen LogP contribution in [0.1, 0.15) is 53.6 Å². The van der Waals surface area contributed by atoms with Crippen molar-refractivity contribution in [2.75, 3.05) is 49.6 Å². The summed E-state index contributed by atoms with van der Waals surface area (Å²) in [5, 5.41) is 5.47. The van der Waals surface area contributed by atoms with E-state index in [1.165, 1.54) is 0 Å². The summed E-state index contributed by atoms with van der Waals surface area (Å²) in [6.07, 6.45) is 4.08. The van der Waals surface area contributed by atoms with Gasteiger partial charge in [0.1, 0.15) is 6.04 Å². The standard InChI is InChI=1S/C31H37N5O5/c37-28-13-12-27(30(39)33-28)36-20-25-21(4-1-6-24(25)31(36)40)5-2-14-35-15-3-7-26(35)29(38)32-22-8-10-23(11-9-22)34-16-18-41-19-17-34/h1,4,6,8-11,26-27H,2-3,5,7,12-20H2,(H,32,38)(H,33,37,39). The van der Waals surface area contributed by atoms with Crippen LogP contribution in [0.25, 0.3) is 0 Å². The van der Waals surface area contributed by atoms with Gasteiger partial charge in [-0.3, -0.25) is 29.4 Å². The number of hydrogen-bond acceptors (Lipinski definition) is 7. The van der Waals surface area contributed by atoms with Crippen LogP contribution in [0.15, 0.2) is 42.5 Å². The molecule has 0 bridgehead atoms. The molecule has 10 heteroatoms. The van der Waals surface area contributed by atoms with Crippen LogP contribution in [-0.4, -0.2) is 84.9 Å². The summed E-state index contributed by atoms with van der Waals surface area (Å²) in [6, 6.07) is 13.1. The Bertz CT molecular complexity index is 1320. The number of hydrogen-bond donors (Lipinski definition) is 2. The molecule has 4 amide bonds. The molecule has 3 fully saturated rings. The molecule has 3 saturated heterocycles. The van der Waals surface area contributed by atoms with E-state index < -0.39 is 11.9 Å². The van der Waals surface area contributed by atoms with Crippen molar-refractivity contribution in [1.82, 2.24) is 15.1 Å². The smallest absolute Gasteiger partial charge is 0.255 e. The highest BCUT2D eigenvalue weighted by Gasteiger charge is 2.39. The van der Waals surface area contributed by atoms with E-state index in [1.54, 1.807) is 4.90 Å². The molecule has 2 unspecified atom stereocenters. The monoisotopic (exact) mass is 559 g/mol. The summed E-state index contributed by atoms with van der Waals surface area (Å²) in [6.45, 7) is 5.30. The Kier molecular flexibility index (Phi) is 8.02. The van der Waals surface area contributed by atoms with E-state index in [2.05, 4.69) is 38.6 Å². The number of nitrogens with one attached hydrogen (secondary N) is 2. The molecule has 0 saturated carbocycles. The van der Waals surface area contributed by atoms with Gasteiger partial charge in [0, 0.05) is 43.0 Å². The van der Waals surface area contributed by atoms with Crippen molar-refractivity contribution in [2.24, 2.45) is 0 Å². The van der Waals surface area contributed by atoms with E-state index in [0.29, 0.717) is 18.5 Å². The zero-order chi connectivity index (χ0) is 28.3. The molecule has 2 N–H and O–H groups in total. The van der Waals surface area contributed by atoms with Crippen LogP contribution in [0.5, 0.6) is 0 Å². The molecule has 216 valence electrons. The highest BCUT2D eigenvalue weighted by atomic mass is 16.5. The quantitative estimate of drug-likeness (QED) is 0.478. The second-order valence-electron chi connectivity index (χ2n) is 11.3. The van der Waals surface area contributed by atoms with Gasteiger partial charge in [-0.1, -0.05) is 12.1 Å². The zero-order valence-corrected chi connectivity index (χ0v) is 23.3. The number of benzene rings is 2. The van der Waals surface area contributed by atoms with Crippen molar-refractivity contribution in [3.05, 3.63) is 59.2 Å². The Labute approximate surface area is 240 Å². The number of ether oxygens (including phenoxy) is 1. The molecule has 0 spiro atoms. The van der Waals surface area contributed by atoms with Gasteiger partial charge in [-0.2, -0.15) is 0 Å². The maximum atomic E-state index is 13.2. The fourth-order valence-electron chi connectivity index (χ4n) is 6.55. The molecule has 4 aliphatic heterocycles. The average Bonchev–Trinajstić information content (AvgIpc) is 3.59. The normalized spacial score (nSPS) is 23.1. The minimum absolute atomic E-state index is 0.0349. The number of rotatable bonds is 8. The van der Waals surface area contributed by atoms with E-state index in [9.17, 15) is 19.2 Å². The SMILES string of the molecule is O=C1CCC(N2Cc3c(CCCN4CCCC4C(=O)Nc4ccc(N5CCOCC5)cc4)cccc3C2=O)C(=O)N1. The van der Waals surface area contributed by atoms with Gasteiger partial charge in [0.15, 0.2) is 0 Å². The number of likely N-dealkylation sites (tertiary alicyclic amines) is 1. The lowest BCUT2D eigenvalue weighted by Gasteiger charge is -2.29. The minimum Gasteiger partial charge on any atom is -0.378 e. The Hall–Kier alpha value is -3.76. The first-order chi connectivity index (χ1) is 20.0. The number of amides is 4. The van der Waals surface area contributed by atoms with Crippen LogP contribution in [0.2, 0.25) is 0 Å². The molecule has 41 heavy (non-hydrogen) atoms. The topological polar surface area (TPSA) is 111 Å². The molecule has 4 aliphatic rings. The summed E-state index contributed by atoms with van der Waals surface area (Å²) in [7, 11) is 0. The third-order valence-corrected chi connectivity index (χ3v) is 8.75. The second-order valence-corrected chi connectivity index (χ2v) is 11.3. The molecule has 2 atom stereocenters. The van der Waals surface area contributed by atoms with Crippen molar-refractivity contribution >= 4 is 35.0 Å². The van der Waals surface area contributed by atoms with Crippen LogP contribution >= 0.6 is 0 Å². The second kappa shape index (κ2) is 12.0. The Morgan fingerprint density at radius 3 is 2.59 bits per heavy atom. The van der Waals surface area contributed by atoms with E-state index in [0.717, 1.165) is 87.6 Å². The van der Waals surface area contributed by atoms with Gasteiger partial charge < -0.3 is 19.9 Å². The number of anilines is 2. The maximum absolute atomic E-state index is 13.2. The first kappa shape index (κ1) is 27.4. The molecule has 6 rings (SSSR count). The lowest BCUT2D eigenvalue weighted by Crippen LogP contribution is -2.52. The van der Waals surface area contributed by atoms with Gasteiger partial charge in [-0.15, -0.1) is 0 Å². The summed E-state index contributed by atoms with van der Waals surface area (Å²) in [5.74, 6) is -0.791. The Morgan fingerprint density at radius 2 is 1.80 bits per heavy atom. The third-order valence-electron chi connectivity index (χ3n) is 8.75. The van der Waals surface area contributed by atoms with Crippen molar-refractivity contribution in [3.63, 3.8) is 0 Å². The number of fused-ring (bicyclic) bond motifs is 1. The maximum Gasteiger partial charge on any atom is 0.255 e. The molecule has 10 nitrogen and oxygen atoms in total. The first-order valence-corrected chi connectivity index (χ1v) is 14.7. The molecule has 4 heterocycles. The molecule has 0 aliphatic carbocycles. The van der Waals surface area contributed by atoms with Crippen molar-refractivity contribution in [3.8, 4) is 0 Å². The molecular weight excluding hydrogens is 522 g/mol. The van der Waals surface area contributed by atoms with E-state index in [4.69, 9.17) is 4.74 Å². The van der Waals surface area contributed by atoms with Crippen LogP contribution in [0, 0.1) is 0 Å². The number of carbonyl (C=O) groups is 4. The summed E-state index contributed by atoms with van der Waals surface area (Å²) < 4.78 is 5.43. The van der Waals surface area contributed by atoms with Crippen molar-refractivity contribution in [1.29, 1.82) is 0 Å². The van der Waals surface area contributed by atoms with Crippen molar-refractivity contribution in [2.45, 2.75) is 57.2 Å². The molecule has 0 radical (unpaired) electrons. The number of morpholine rings is 1. The van der Waals surface area contributed by atoms with Gasteiger partial charge in [0.05, 0.1) is 19.3 Å². The lowest BCUT2D eigenvalue weighted by molar-refractivity contribution is -0.137. The van der Waals surface area contributed by atoms with Crippen LogP contribution < -0.4 is 15.5 Å². The largest absolute Gasteiger partial charge is 0.378 e. The fraction of sp³-hybridized carbons (Fsp3) is 0.484. The van der Waals surface area contributed by atoms with E-state index in [1.807, 2.05) is 24.3 Å². The average molecular weight is 560 g/mol. The van der Waals surface area contributed by atoms with Gasteiger partial charge in [-0.25, -0.2) is 0 Å². The number of aryl methyl sites for hydroxylation is 1. The summed E-state index contributed by atoms with van der Waals surface area (Å²) in [5.41, 5.74) is 4.67. The van der Waals surface area contributed by atoms with E-state index >= 15 is 0 Å². The van der Waals surface area contributed by atoms with Crippen LogP contribution in [0.3, 0.4) is 0 Å². The van der Waals surface area contributed by atoms with Crippen molar-refractivity contribution < 1.29 is 23.9 Å².